The molecule has 0 fully saturated rings. The second kappa shape index (κ2) is 8.22. The Kier molecular flexibility index (Phi) is 6.59. The van der Waals surface area contributed by atoms with Gasteiger partial charge in [0.15, 0.2) is 5.78 Å². The quantitative estimate of drug-likeness (QED) is 0.330. The highest BCUT2D eigenvalue weighted by Gasteiger charge is 2.19. The van der Waals surface area contributed by atoms with Crippen LogP contribution in [0, 0.1) is 6.92 Å². The Morgan fingerprint density at radius 1 is 1.25 bits per heavy atom. The van der Waals surface area contributed by atoms with E-state index in [9.17, 15) is 9.59 Å². The smallest absolute Gasteiger partial charge is 0.341 e. The molecule has 1 heterocycles. The van der Waals surface area contributed by atoms with Gasteiger partial charge in [-0.2, -0.15) is 0 Å². The van der Waals surface area contributed by atoms with Gasteiger partial charge in [0.1, 0.15) is 12.2 Å². The van der Waals surface area contributed by atoms with Crippen LogP contribution in [0.3, 0.4) is 0 Å². The monoisotopic (exact) mass is 277 g/mol. The molecule has 0 amide bonds. The van der Waals surface area contributed by atoms with E-state index in [-0.39, 0.29) is 18.8 Å². The zero-order valence-corrected chi connectivity index (χ0v) is 12.0. The molecule has 0 atom stereocenters. The largest absolute Gasteiger partial charge is 0.462 e. The number of carbonyl (C=O) groups is 2. The fraction of sp³-hybridized carbons (Fsp3) is 0.400. The number of ketones is 1. The Balaban J connectivity index is 3.03. The van der Waals surface area contributed by atoms with Crippen molar-refractivity contribution in [2.24, 2.45) is 0 Å². The number of hydrogen-bond acceptors (Lipinski definition) is 5. The summed E-state index contributed by atoms with van der Waals surface area (Å²) in [4.78, 5) is 27.9. The minimum absolute atomic E-state index is 0.0206. The van der Waals surface area contributed by atoms with Crippen molar-refractivity contribution in [2.45, 2.75) is 20.8 Å². The van der Waals surface area contributed by atoms with Crippen molar-refractivity contribution >= 4 is 17.8 Å². The minimum atomic E-state index is -0.640. The van der Waals surface area contributed by atoms with Gasteiger partial charge in [-0.25, -0.2) is 4.79 Å². The molecule has 0 aliphatic rings. The maximum absolute atomic E-state index is 12.0. The van der Waals surface area contributed by atoms with E-state index in [2.05, 4.69) is 4.98 Å². The molecule has 1 aromatic heterocycles. The molecule has 0 aliphatic carbocycles. The maximum Gasteiger partial charge on any atom is 0.341 e. The normalized spacial score (nSPS) is 11.2. The lowest BCUT2D eigenvalue weighted by molar-refractivity contribution is -0.140. The van der Waals surface area contributed by atoms with Gasteiger partial charge in [0.2, 0.25) is 0 Å². The molecule has 5 nitrogen and oxygen atoms in total. The van der Waals surface area contributed by atoms with Crippen molar-refractivity contribution in [3.05, 3.63) is 35.2 Å². The van der Waals surface area contributed by atoms with Gasteiger partial charge < -0.3 is 9.47 Å². The van der Waals surface area contributed by atoms with Crippen LogP contribution in [0.4, 0.5) is 0 Å². The van der Waals surface area contributed by atoms with Gasteiger partial charge in [-0.1, -0.05) is 0 Å². The van der Waals surface area contributed by atoms with Crippen LogP contribution in [-0.2, 0) is 19.1 Å². The first-order chi connectivity index (χ1) is 9.58. The summed E-state index contributed by atoms with van der Waals surface area (Å²) in [5.74, 6) is -1.04. The molecular formula is C15H19NO4. The van der Waals surface area contributed by atoms with Crippen LogP contribution in [0.5, 0.6) is 0 Å². The number of rotatable bonds is 7. The van der Waals surface area contributed by atoms with E-state index in [1.165, 1.54) is 6.08 Å². The summed E-state index contributed by atoms with van der Waals surface area (Å²) in [6, 6.07) is 1.83. The summed E-state index contributed by atoms with van der Waals surface area (Å²) in [5, 5.41) is 0. The summed E-state index contributed by atoms with van der Waals surface area (Å²) in [6.45, 7) is 5.84. The van der Waals surface area contributed by atoms with Crippen molar-refractivity contribution < 1.29 is 19.1 Å². The summed E-state index contributed by atoms with van der Waals surface area (Å²) in [5.41, 5.74) is 1.60. The fourth-order valence-electron chi connectivity index (χ4n) is 1.56. The Morgan fingerprint density at radius 3 is 2.60 bits per heavy atom. The predicted octanol–water partition coefficient (Wildman–Crippen LogP) is 1.94. The maximum atomic E-state index is 12.0. The van der Waals surface area contributed by atoms with E-state index in [1.54, 1.807) is 26.2 Å². The molecule has 1 aromatic rings. The van der Waals surface area contributed by atoms with Crippen molar-refractivity contribution in [1.82, 2.24) is 4.98 Å². The van der Waals surface area contributed by atoms with E-state index in [1.807, 2.05) is 13.0 Å². The molecule has 0 aliphatic heterocycles. The predicted molar refractivity (Wildman–Crippen MR) is 75.1 cm³/mol. The minimum Gasteiger partial charge on any atom is -0.462 e. The topological polar surface area (TPSA) is 65.5 Å². The lowest BCUT2D eigenvalue weighted by atomic mass is 10.1. The van der Waals surface area contributed by atoms with Gasteiger partial charge >= 0.3 is 5.97 Å². The van der Waals surface area contributed by atoms with E-state index in [4.69, 9.17) is 9.47 Å². The molecule has 0 saturated carbocycles. The van der Waals surface area contributed by atoms with Crippen LogP contribution >= 0.6 is 0 Å². The van der Waals surface area contributed by atoms with Crippen LogP contribution in [0.25, 0.3) is 6.08 Å². The van der Waals surface area contributed by atoms with Gasteiger partial charge in [0, 0.05) is 19.0 Å². The van der Waals surface area contributed by atoms with Crippen molar-refractivity contribution in [3.63, 3.8) is 0 Å². The van der Waals surface area contributed by atoms with Crippen molar-refractivity contribution in [2.75, 3.05) is 19.8 Å². The van der Waals surface area contributed by atoms with Gasteiger partial charge in [0.25, 0.3) is 0 Å². The van der Waals surface area contributed by atoms with E-state index in [0.717, 1.165) is 5.56 Å². The van der Waals surface area contributed by atoms with Crippen LogP contribution < -0.4 is 0 Å². The molecule has 0 N–H and O–H groups in total. The van der Waals surface area contributed by atoms with Gasteiger partial charge in [-0.3, -0.25) is 9.78 Å². The highest BCUT2D eigenvalue weighted by Crippen LogP contribution is 2.10. The van der Waals surface area contributed by atoms with Gasteiger partial charge in [0.05, 0.1) is 6.61 Å². The third-order valence-corrected chi connectivity index (χ3v) is 2.44. The van der Waals surface area contributed by atoms with Crippen LogP contribution in [0.2, 0.25) is 0 Å². The SMILES string of the molecule is CCOCC(=O)C(=Cc1cncc(C)c1)C(=O)OCC. The van der Waals surface area contributed by atoms with E-state index in [0.29, 0.717) is 12.2 Å². The highest BCUT2D eigenvalue weighted by atomic mass is 16.5. The van der Waals surface area contributed by atoms with Gasteiger partial charge in [-0.05, 0) is 44.0 Å². The number of ether oxygens (including phenoxy) is 2. The molecule has 20 heavy (non-hydrogen) atoms. The summed E-state index contributed by atoms with van der Waals surface area (Å²) in [7, 11) is 0. The Morgan fingerprint density at radius 2 is 2.00 bits per heavy atom. The summed E-state index contributed by atoms with van der Waals surface area (Å²) >= 11 is 0. The first-order valence-electron chi connectivity index (χ1n) is 6.49. The van der Waals surface area contributed by atoms with Crippen LogP contribution in [-0.4, -0.2) is 36.6 Å². The zero-order valence-electron chi connectivity index (χ0n) is 12.0. The fourth-order valence-corrected chi connectivity index (χ4v) is 1.56. The number of nitrogens with zero attached hydrogens (tertiary/aromatic N) is 1. The lowest BCUT2D eigenvalue weighted by Gasteiger charge is -2.07. The Labute approximate surface area is 118 Å². The zero-order chi connectivity index (χ0) is 15.0. The van der Waals surface area contributed by atoms with Crippen LogP contribution in [0.1, 0.15) is 25.0 Å². The molecule has 0 radical (unpaired) electrons. The Bertz CT molecular complexity index is 508. The second-order valence-corrected chi connectivity index (χ2v) is 4.13. The molecule has 1 rings (SSSR count). The molecule has 0 saturated heterocycles. The molecule has 0 aromatic carbocycles. The first-order valence-corrected chi connectivity index (χ1v) is 6.49. The Hall–Kier alpha value is -2.01. The number of esters is 1. The molecule has 5 heteroatoms. The average molecular weight is 277 g/mol. The molecule has 0 spiro atoms. The second-order valence-electron chi connectivity index (χ2n) is 4.13. The van der Waals surface area contributed by atoms with Crippen molar-refractivity contribution in [3.8, 4) is 0 Å². The van der Waals surface area contributed by atoms with Crippen molar-refractivity contribution in [1.29, 1.82) is 0 Å². The standard InChI is InChI=1S/C15H19NO4/c1-4-19-10-14(17)13(15(18)20-5-2)7-12-6-11(3)8-16-9-12/h6-9H,4-5,10H2,1-3H3. The number of carbonyl (C=O) groups excluding carboxylic acids is 2. The van der Waals surface area contributed by atoms with Gasteiger partial charge in [-0.15, -0.1) is 0 Å². The molecular weight excluding hydrogens is 258 g/mol. The number of hydrogen-bond donors (Lipinski definition) is 0. The molecule has 0 bridgehead atoms. The highest BCUT2D eigenvalue weighted by molar-refractivity contribution is 6.21. The average Bonchev–Trinajstić information content (AvgIpc) is 2.42. The molecule has 0 unspecified atom stereocenters. The first kappa shape index (κ1) is 16.0. The third-order valence-electron chi connectivity index (χ3n) is 2.44. The molecule has 108 valence electrons. The van der Waals surface area contributed by atoms with E-state index >= 15 is 0 Å². The number of aromatic nitrogens is 1. The summed E-state index contributed by atoms with van der Waals surface area (Å²) < 4.78 is 9.96. The van der Waals surface area contributed by atoms with Crippen LogP contribution in [0.15, 0.2) is 24.0 Å². The summed E-state index contributed by atoms with van der Waals surface area (Å²) in [6.07, 6.45) is 4.77. The number of Topliss-reactive ketones (excluding diaryl/α,β-unsaturated/α-hetero) is 1. The number of aryl methyl sites for hydroxylation is 1. The van der Waals surface area contributed by atoms with E-state index < -0.39 is 11.8 Å². The number of pyridine rings is 1. The third kappa shape index (κ3) is 4.93. The lowest BCUT2D eigenvalue weighted by Crippen LogP contribution is -2.20.